The predicted molar refractivity (Wildman–Crippen MR) is 94.8 cm³/mol. The second kappa shape index (κ2) is 5.35. The van der Waals surface area contributed by atoms with Crippen LogP contribution in [0.4, 0.5) is 0 Å². The minimum atomic E-state index is -1.06. The van der Waals surface area contributed by atoms with Crippen LogP contribution < -0.4 is 0 Å². The highest BCUT2D eigenvalue weighted by atomic mass is 16.5. The first-order chi connectivity index (χ1) is 12.3. The van der Waals surface area contributed by atoms with E-state index in [4.69, 9.17) is 13.9 Å². The molecule has 1 aliphatic heterocycles. The van der Waals surface area contributed by atoms with Crippen molar-refractivity contribution in [3.05, 3.63) is 41.9 Å². The summed E-state index contributed by atoms with van der Waals surface area (Å²) in [6, 6.07) is 1.85. The average molecular weight is 356 g/mol. The van der Waals surface area contributed by atoms with Crippen LogP contribution in [0.3, 0.4) is 0 Å². The molecule has 0 spiro atoms. The Morgan fingerprint density at radius 1 is 1.35 bits per heavy atom. The number of esters is 1. The maximum Gasteiger partial charge on any atom is 0.316 e. The van der Waals surface area contributed by atoms with E-state index in [2.05, 4.69) is 19.9 Å². The van der Waals surface area contributed by atoms with Crippen molar-refractivity contribution >= 4 is 17.5 Å². The molecule has 2 heterocycles. The Balaban J connectivity index is 1.99. The third kappa shape index (κ3) is 1.97. The van der Waals surface area contributed by atoms with E-state index in [0.29, 0.717) is 18.1 Å². The maximum absolute atomic E-state index is 12.8. The Labute approximate surface area is 153 Å². The van der Waals surface area contributed by atoms with E-state index in [0.717, 1.165) is 17.6 Å². The summed E-state index contributed by atoms with van der Waals surface area (Å²) in [5.41, 5.74) is -0.563. The molecule has 2 bridgehead atoms. The second-order valence-electron chi connectivity index (χ2n) is 8.20. The van der Waals surface area contributed by atoms with E-state index in [9.17, 15) is 9.59 Å². The van der Waals surface area contributed by atoms with Crippen LogP contribution in [0.1, 0.15) is 45.6 Å². The van der Waals surface area contributed by atoms with E-state index >= 15 is 0 Å². The lowest BCUT2D eigenvalue weighted by Crippen LogP contribution is -2.64. The third-order valence-electron chi connectivity index (χ3n) is 6.85. The number of carbonyl (C=O) groups excluding carboxylic acids is 2. The molecule has 0 aromatic carbocycles. The van der Waals surface area contributed by atoms with E-state index in [1.165, 1.54) is 7.11 Å². The molecule has 5 heteroatoms. The molecule has 3 aliphatic rings. The summed E-state index contributed by atoms with van der Waals surface area (Å²) in [7, 11) is 1.37. The van der Waals surface area contributed by atoms with E-state index in [1.807, 2.05) is 6.07 Å². The number of ether oxygens (including phenoxy) is 2. The molecular formula is C21H24O5. The molecule has 0 radical (unpaired) electrons. The van der Waals surface area contributed by atoms with Gasteiger partial charge in [-0.1, -0.05) is 13.8 Å². The zero-order valence-electron chi connectivity index (χ0n) is 15.6. The fourth-order valence-electron chi connectivity index (χ4n) is 5.04. The number of methoxy groups -OCH3 is 1. The van der Waals surface area contributed by atoms with Gasteiger partial charge in [-0.15, -0.1) is 0 Å². The van der Waals surface area contributed by atoms with Gasteiger partial charge in [-0.2, -0.15) is 0 Å². The normalized spacial score (nSPS) is 38.6. The molecule has 26 heavy (non-hydrogen) atoms. The number of rotatable bonds is 2. The SMILES string of the molecule is COC(=O)[C@@]1(C)CC(=O)C=C2[C@@]3(C)C=C(c4ccoc4)O[C@]21CC[C@H]3C. The summed E-state index contributed by atoms with van der Waals surface area (Å²) in [4.78, 5) is 25.4. The van der Waals surface area contributed by atoms with Gasteiger partial charge in [-0.25, -0.2) is 0 Å². The lowest BCUT2D eigenvalue weighted by Gasteiger charge is -2.60. The van der Waals surface area contributed by atoms with Crippen molar-refractivity contribution in [1.29, 1.82) is 0 Å². The third-order valence-corrected chi connectivity index (χ3v) is 6.85. The number of hydrogen-bond donors (Lipinski definition) is 0. The molecule has 4 rings (SSSR count). The summed E-state index contributed by atoms with van der Waals surface area (Å²) in [5.74, 6) is 0.573. The van der Waals surface area contributed by atoms with Crippen LogP contribution in [-0.2, 0) is 19.1 Å². The Hall–Kier alpha value is -2.30. The van der Waals surface area contributed by atoms with Gasteiger partial charge in [-0.3, -0.25) is 9.59 Å². The van der Waals surface area contributed by atoms with Crippen LogP contribution in [0.5, 0.6) is 0 Å². The minimum absolute atomic E-state index is 0.0485. The smallest absolute Gasteiger partial charge is 0.316 e. The van der Waals surface area contributed by atoms with Crippen LogP contribution in [0.25, 0.3) is 5.76 Å². The van der Waals surface area contributed by atoms with Crippen molar-refractivity contribution in [2.75, 3.05) is 7.11 Å². The van der Waals surface area contributed by atoms with Gasteiger partial charge in [0.2, 0.25) is 0 Å². The monoisotopic (exact) mass is 356 g/mol. The van der Waals surface area contributed by atoms with E-state index in [-0.39, 0.29) is 17.6 Å². The van der Waals surface area contributed by atoms with Gasteiger partial charge in [0.05, 0.1) is 18.9 Å². The zero-order chi connectivity index (χ0) is 18.7. The molecule has 1 fully saturated rings. The fourth-order valence-corrected chi connectivity index (χ4v) is 5.04. The van der Waals surface area contributed by atoms with Crippen LogP contribution in [0.2, 0.25) is 0 Å². The first-order valence-electron chi connectivity index (χ1n) is 9.05. The Bertz CT molecular complexity index is 833. The largest absolute Gasteiger partial charge is 0.481 e. The first kappa shape index (κ1) is 17.1. The van der Waals surface area contributed by atoms with Gasteiger partial charge >= 0.3 is 5.97 Å². The van der Waals surface area contributed by atoms with Gasteiger partial charge in [0.25, 0.3) is 0 Å². The molecule has 138 valence electrons. The van der Waals surface area contributed by atoms with Crippen LogP contribution >= 0.6 is 0 Å². The minimum Gasteiger partial charge on any atom is -0.481 e. The zero-order valence-corrected chi connectivity index (χ0v) is 15.6. The molecule has 0 unspecified atom stereocenters. The van der Waals surface area contributed by atoms with Gasteiger partial charge in [-0.05, 0) is 49.5 Å². The molecule has 0 N–H and O–H groups in total. The molecule has 1 aromatic rings. The van der Waals surface area contributed by atoms with Crippen molar-refractivity contribution in [2.45, 2.75) is 45.6 Å². The standard InChI is InChI=1S/C21H24O5/c1-13-5-7-21-17(9-15(22)10-20(21,3)18(23)24-4)19(13,2)11-16(26-21)14-6-8-25-12-14/h6,8-9,11-13H,5,7,10H2,1-4H3/t13-,19+,20-,21-/m1/s1. The van der Waals surface area contributed by atoms with Crippen molar-refractivity contribution < 1.29 is 23.5 Å². The lowest BCUT2D eigenvalue weighted by molar-refractivity contribution is -0.177. The number of hydrogen-bond acceptors (Lipinski definition) is 5. The number of allylic oxidation sites excluding steroid dienone is 2. The Morgan fingerprint density at radius 2 is 2.12 bits per heavy atom. The van der Waals surface area contributed by atoms with Gasteiger partial charge in [0.15, 0.2) is 5.78 Å². The van der Waals surface area contributed by atoms with Crippen LogP contribution in [0, 0.1) is 16.7 Å². The van der Waals surface area contributed by atoms with Gasteiger partial charge in [0.1, 0.15) is 23.0 Å². The number of furan rings is 1. The molecule has 5 nitrogen and oxygen atoms in total. The van der Waals surface area contributed by atoms with Crippen LogP contribution in [0.15, 0.2) is 40.7 Å². The molecule has 4 atom stereocenters. The molecule has 0 saturated heterocycles. The predicted octanol–water partition coefficient (Wildman–Crippen LogP) is 3.90. The topological polar surface area (TPSA) is 65.7 Å². The number of carbonyl (C=O) groups is 2. The average Bonchev–Trinajstić information content (AvgIpc) is 3.13. The Morgan fingerprint density at radius 3 is 2.77 bits per heavy atom. The highest BCUT2D eigenvalue weighted by Gasteiger charge is 2.67. The van der Waals surface area contributed by atoms with Crippen molar-refractivity contribution in [2.24, 2.45) is 16.7 Å². The highest BCUT2D eigenvalue weighted by Crippen LogP contribution is 2.64. The maximum atomic E-state index is 12.8. The summed E-state index contributed by atoms with van der Waals surface area (Å²) < 4.78 is 16.9. The summed E-state index contributed by atoms with van der Waals surface area (Å²) in [5, 5.41) is 0. The molecular weight excluding hydrogens is 332 g/mol. The van der Waals surface area contributed by atoms with Crippen molar-refractivity contribution in [3.63, 3.8) is 0 Å². The summed E-state index contributed by atoms with van der Waals surface area (Å²) in [6.07, 6.45) is 8.71. The summed E-state index contributed by atoms with van der Waals surface area (Å²) in [6.45, 7) is 6.13. The van der Waals surface area contributed by atoms with Crippen LogP contribution in [-0.4, -0.2) is 24.5 Å². The van der Waals surface area contributed by atoms with Crippen molar-refractivity contribution in [1.82, 2.24) is 0 Å². The van der Waals surface area contributed by atoms with Gasteiger partial charge in [0, 0.05) is 11.8 Å². The molecule has 0 amide bonds. The summed E-state index contributed by atoms with van der Waals surface area (Å²) >= 11 is 0. The highest BCUT2D eigenvalue weighted by molar-refractivity contribution is 5.98. The number of ketones is 1. The molecule has 1 saturated carbocycles. The Kier molecular flexibility index (Phi) is 3.52. The fraction of sp³-hybridized carbons (Fsp3) is 0.524. The van der Waals surface area contributed by atoms with E-state index in [1.54, 1.807) is 25.5 Å². The second-order valence-corrected chi connectivity index (χ2v) is 8.20. The van der Waals surface area contributed by atoms with E-state index < -0.39 is 17.0 Å². The van der Waals surface area contributed by atoms with Gasteiger partial charge < -0.3 is 13.9 Å². The van der Waals surface area contributed by atoms with Crippen molar-refractivity contribution in [3.8, 4) is 0 Å². The molecule has 1 aromatic heterocycles. The quantitative estimate of drug-likeness (QED) is 0.752. The lowest BCUT2D eigenvalue weighted by atomic mass is 9.48. The molecule has 2 aliphatic carbocycles. The first-order valence-corrected chi connectivity index (χ1v) is 9.05.